The number of rotatable bonds is 6. The molecule has 2 N–H and O–H groups in total. The zero-order chi connectivity index (χ0) is 36.0. The summed E-state index contributed by atoms with van der Waals surface area (Å²) in [5, 5.41) is 24.8. The van der Waals surface area contributed by atoms with E-state index in [9.17, 15) is 29.4 Å². The topological polar surface area (TPSA) is 195 Å². The third-order valence-corrected chi connectivity index (χ3v) is 14.1. The van der Waals surface area contributed by atoms with Crippen LogP contribution in [0.3, 0.4) is 0 Å². The lowest BCUT2D eigenvalue weighted by Crippen LogP contribution is -2.77. The quantitative estimate of drug-likeness (QED) is 0.168. The molecule has 0 unspecified atom stereocenters. The molecule has 0 amide bonds. The van der Waals surface area contributed by atoms with Gasteiger partial charge in [-0.1, -0.05) is 13.0 Å². The molecule has 15 nitrogen and oxygen atoms in total. The van der Waals surface area contributed by atoms with Gasteiger partial charge in [0.05, 0.1) is 52.0 Å². The first-order valence-corrected chi connectivity index (χ1v) is 17.1. The molecular formula is C35H44O15. The van der Waals surface area contributed by atoms with E-state index in [4.69, 9.17) is 42.6 Å². The SMILES string of the molecule is C/C=C(\C)C(=O)O[C@H]1C[C@@H](OC(C)=O)[C@@]2(C(=O)OC)CO[C@H]3[C@@H](O)[C@@](C)([C@]45O[C@@]4(C)[C@H]4C[C@@H]5O[C@@H]5OC=C[C@@]54O)[C@@H]4[C@H](C(=O)OC)OC[C@@]14[C@@H]32. The van der Waals surface area contributed by atoms with E-state index in [1.54, 1.807) is 32.9 Å². The second kappa shape index (κ2) is 10.5. The average Bonchev–Trinajstić information content (AvgIpc) is 3.52. The van der Waals surface area contributed by atoms with Gasteiger partial charge in [-0.3, -0.25) is 9.59 Å². The second-order valence-electron chi connectivity index (χ2n) is 15.6. The molecule has 274 valence electrons. The molecule has 16 atom stereocenters. The lowest BCUT2D eigenvalue weighted by atomic mass is 9.38. The molecule has 3 aliphatic carbocycles. The Morgan fingerprint density at radius 1 is 0.960 bits per heavy atom. The number of epoxide rings is 1. The van der Waals surface area contributed by atoms with E-state index in [2.05, 4.69) is 0 Å². The Bertz CT molecular complexity index is 1610. The van der Waals surface area contributed by atoms with Crippen LogP contribution < -0.4 is 0 Å². The number of carbonyl (C=O) groups excluding carboxylic acids is 4. The average molecular weight is 705 g/mol. The van der Waals surface area contributed by atoms with Crippen LogP contribution in [0.5, 0.6) is 0 Å². The molecule has 8 rings (SSSR count). The maximum Gasteiger partial charge on any atom is 0.335 e. The monoisotopic (exact) mass is 704 g/mol. The Hall–Kier alpha value is -3.08. The molecular weight excluding hydrogens is 660 g/mol. The largest absolute Gasteiger partial charge is 0.469 e. The number of fused-ring (bicyclic) bond motifs is 7. The minimum absolute atomic E-state index is 0.169. The molecule has 0 radical (unpaired) electrons. The smallest absolute Gasteiger partial charge is 0.335 e. The fourth-order valence-corrected chi connectivity index (χ4v) is 12.1. The van der Waals surface area contributed by atoms with Crippen molar-refractivity contribution in [2.24, 2.45) is 34.0 Å². The van der Waals surface area contributed by atoms with Crippen LogP contribution in [-0.2, 0) is 61.8 Å². The van der Waals surface area contributed by atoms with E-state index in [0.717, 1.165) is 0 Å². The lowest BCUT2D eigenvalue weighted by Gasteiger charge is -2.65. The summed E-state index contributed by atoms with van der Waals surface area (Å²) in [6, 6.07) is 0. The lowest BCUT2D eigenvalue weighted by molar-refractivity contribution is -0.296. The highest BCUT2D eigenvalue weighted by Crippen LogP contribution is 2.82. The predicted octanol–water partition coefficient (Wildman–Crippen LogP) is 0.477. The van der Waals surface area contributed by atoms with Gasteiger partial charge in [-0.05, 0) is 33.3 Å². The van der Waals surface area contributed by atoms with Crippen molar-refractivity contribution in [2.45, 2.75) is 107 Å². The Labute approximate surface area is 288 Å². The van der Waals surface area contributed by atoms with Crippen molar-refractivity contribution in [2.75, 3.05) is 27.4 Å². The minimum Gasteiger partial charge on any atom is -0.469 e. The number of hydrogen-bond donors (Lipinski definition) is 2. The molecule has 3 saturated carbocycles. The molecule has 0 aromatic rings. The second-order valence-corrected chi connectivity index (χ2v) is 15.6. The Kier molecular flexibility index (Phi) is 7.15. The molecule has 1 spiro atoms. The molecule has 15 heteroatoms. The normalized spacial score (nSPS) is 53.3. The first-order valence-electron chi connectivity index (χ1n) is 17.1. The fourth-order valence-electron chi connectivity index (χ4n) is 12.1. The summed E-state index contributed by atoms with van der Waals surface area (Å²) < 4.78 is 54.7. The van der Waals surface area contributed by atoms with Crippen molar-refractivity contribution in [3.8, 4) is 0 Å². The van der Waals surface area contributed by atoms with E-state index < -0.39 is 118 Å². The fraction of sp³-hybridized carbons (Fsp3) is 0.771. The standard InChI is InChI=1S/C35H44O15/c1-8-15(2)26(38)48-18-12-19(47-16(3)36)33(28(40)43-7)14-45-21-24(33)32(18)13-46-22(27(39)42-6)23(32)30(4,25(21)37)35-20-11-17(31(35,5)50-35)34(41)9-10-44-29(34)49-20/h8-10,17-25,29,37,41H,11-14H2,1-7H3/b15-8+/t17-,18+,19-,20+,21-,22-,23+,24-,25-,29+,30+,31+,32-,33+,34+,35+/m1/s1. The van der Waals surface area contributed by atoms with Crippen LogP contribution in [0.4, 0.5) is 0 Å². The van der Waals surface area contributed by atoms with Crippen molar-refractivity contribution in [1.82, 2.24) is 0 Å². The Morgan fingerprint density at radius 2 is 1.70 bits per heavy atom. The van der Waals surface area contributed by atoms with Crippen LogP contribution in [-0.4, -0.2) is 121 Å². The van der Waals surface area contributed by atoms with Gasteiger partial charge in [-0.25, -0.2) is 9.59 Å². The molecule has 8 aliphatic rings. The van der Waals surface area contributed by atoms with Crippen molar-refractivity contribution in [3.63, 3.8) is 0 Å². The molecule has 5 aliphatic heterocycles. The first-order chi connectivity index (χ1) is 23.6. The molecule has 0 aromatic heterocycles. The zero-order valence-corrected chi connectivity index (χ0v) is 29.0. The van der Waals surface area contributed by atoms with Crippen molar-refractivity contribution < 1.29 is 72.0 Å². The maximum absolute atomic E-state index is 14.2. The van der Waals surface area contributed by atoms with Crippen LogP contribution in [0, 0.1) is 34.0 Å². The summed E-state index contributed by atoms with van der Waals surface area (Å²) in [5.74, 6) is -5.48. The Morgan fingerprint density at radius 3 is 2.36 bits per heavy atom. The number of ether oxygens (including phenoxy) is 9. The summed E-state index contributed by atoms with van der Waals surface area (Å²) in [7, 11) is 2.43. The van der Waals surface area contributed by atoms with E-state index in [-0.39, 0.29) is 19.6 Å². The van der Waals surface area contributed by atoms with E-state index in [1.165, 1.54) is 27.4 Å². The van der Waals surface area contributed by atoms with Crippen LogP contribution >= 0.6 is 0 Å². The number of methoxy groups -OCH3 is 2. The van der Waals surface area contributed by atoms with Gasteiger partial charge >= 0.3 is 23.9 Å². The van der Waals surface area contributed by atoms with Gasteiger partial charge in [-0.2, -0.15) is 0 Å². The summed E-state index contributed by atoms with van der Waals surface area (Å²) >= 11 is 0. The number of aliphatic hydroxyl groups excluding tert-OH is 1. The molecule has 0 aromatic carbocycles. The molecule has 5 heterocycles. The van der Waals surface area contributed by atoms with Gasteiger partial charge in [0.2, 0.25) is 6.29 Å². The van der Waals surface area contributed by atoms with E-state index >= 15 is 0 Å². The number of hydrogen-bond acceptors (Lipinski definition) is 15. The highest BCUT2D eigenvalue weighted by atomic mass is 16.7. The van der Waals surface area contributed by atoms with Crippen LogP contribution in [0.25, 0.3) is 0 Å². The highest BCUT2D eigenvalue weighted by Gasteiger charge is 2.95. The van der Waals surface area contributed by atoms with E-state index in [0.29, 0.717) is 12.0 Å². The molecule has 50 heavy (non-hydrogen) atoms. The van der Waals surface area contributed by atoms with Crippen LogP contribution in [0.1, 0.15) is 47.5 Å². The number of aliphatic hydroxyl groups is 2. The van der Waals surface area contributed by atoms with E-state index in [1.807, 2.05) is 6.92 Å². The van der Waals surface area contributed by atoms with Gasteiger partial charge in [-0.15, -0.1) is 0 Å². The third kappa shape index (κ3) is 3.56. The van der Waals surface area contributed by atoms with Gasteiger partial charge in [0.1, 0.15) is 28.8 Å². The number of allylic oxidation sites excluding steroid dienone is 1. The molecule has 2 bridgehead atoms. The molecule has 7 fully saturated rings. The summed E-state index contributed by atoms with van der Waals surface area (Å²) in [5.41, 5.74) is -8.31. The number of esters is 4. The van der Waals surface area contributed by atoms with Crippen molar-refractivity contribution in [3.05, 3.63) is 24.0 Å². The van der Waals surface area contributed by atoms with Gasteiger partial charge < -0.3 is 52.8 Å². The highest BCUT2D eigenvalue weighted by molar-refractivity contribution is 5.88. The van der Waals surface area contributed by atoms with Gasteiger partial charge in [0.25, 0.3) is 0 Å². The van der Waals surface area contributed by atoms with Crippen LogP contribution in [0.15, 0.2) is 24.0 Å². The van der Waals surface area contributed by atoms with Crippen LogP contribution in [0.2, 0.25) is 0 Å². The number of carbonyl (C=O) groups is 4. The van der Waals surface area contributed by atoms with Gasteiger partial charge in [0.15, 0.2) is 11.7 Å². The van der Waals surface area contributed by atoms with Gasteiger partial charge in [0, 0.05) is 47.5 Å². The van der Waals surface area contributed by atoms with Crippen molar-refractivity contribution >= 4 is 23.9 Å². The predicted molar refractivity (Wildman–Crippen MR) is 163 cm³/mol. The maximum atomic E-state index is 14.2. The Balaban J connectivity index is 1.37. The third-order valence-electron chi connectivity index (χ3n) is 14.1. The summed E-state index contributed by atoms with van der Waals surface area (Å²) in [6.45, 7) is 7.60. The minimum atomic E-state index is -1.68. The zero-order valence-electron chi connectivity index (χ0n) is 29.0. The molecule has 4 saturated heterocycles. The summed E-state index contributed by atoms with van der Waals surface area (Å²) in [6.07, 6.45) is -3.32. The summed E-state index contributed by atoms with van der Waals surface area (Å²) in [4.78, 5) is 54.3. The van der Waals surface area contributed by atoms with Crippen molar-refractivity contribution in [1.29, 1.82) is 0 Å². The first kappa shape index (κ1) is 34.0.